The molecule has 0 amide bonds. The first-order chi connectivity index (χ1) is 7.74. The zero-order valence-corrected chi connectivity index (χ0v) is 10.4. The lowest BCUT2D eigenvalue weighted by Gasteiger charge is -2.15. The summed E-state index contributed by atoms with van der Waals surface area (Å²) in [5, 5.41) is 3.97. The Morgan fingerprint density at radius 1 is 1.19 bits per heavy atom. The van der Waals surface area contributed by atoms with E-state index in [-0.39, 0.29) is 0 Å². The van der Waals surface area contributed by atoms with Gasteiger partial charge in [-0.15, -0.1) is 0 Å². The summed E-state index contributed by atoms with van der Waals surface area (Å²) < 4.78 is 0. The number of hydrogen-bond acceptors (Lipinski definition) is 3. The number of nitrogens with one attached hydrogen (secondary N) is 1. The van der Waals surface area contributed by atoms with Crippen LogP contribution < -0.4 is 5.32 Å². The van der Waals surface area contributed by atoms with Crippen LogP contribution in [0.2, 0.25) is 5.02 Å². The van der Waals surface area contributed by atoms with Gasteiger partial charge in [-0.3, -0.25) is 0 Å². The third-order valence-electron chi connectivity index (χ3n) is 3.21. The summed E-state index contributed by atoms with van der Waals surface area (Å²) in [6, 6.07) is 0.520. The van der Waals surface area contributed by atoms with Crippen molar-refractivity contribution >= 4 is 17.5 Å². The lowest BCUT2D eigenvalue weighted by Crippen LogP contribution is -2.19. The quantitative estimate of drug-likeness (QED) is 0.803. The molecule has 2 unspecified atom stereocenters. The van der Waals surface area contributed by atoms with E-state index in [1.54, 1.807) is 12.4 Å². The van der Waals surface area contributed by atoms with Gasteiger partial charge in [-0.1, -0.05) is 31.4 Å². The summed E-state index contributed by atoms with van der Waals surface area (Å²) in [5.74, 6) is 1.56. The zero-order chi connectivity index (χ0) is 11.4. The third-order valence-corrected chi connectivity index (χ3v) is 3.41. The number of rotatable bonds is 2. The van der Waals surface area contributed by atoms with Crippen molar-refractivity contribution in [1.82, 2.24) is 9.97 Å². The van der Waals surface area contributed by atoms with Crippen LogP contribution in [-0.4, -0.2) is 16.0 Å². The van der Waals surface area contributed by atoms with Gasteiger partial charge >= 0.3 is 0 Å². The second-order valence-electron chi connectivity index (χ2n) is 4.68. The van der Waals surface area contributed by atoms with Gasteiger partial charge in [0.15, 0.2) is 0 Å². The average molecular weight is 240 g/mol. The van der Waals surface area contributed by atoms with Crippen LogP contribution in [0.4, 0.5) is 5.95 Å². The van der Waals surface area contributed by atoms with E-state index in [1.165, 1.54) is 32.1 Å². The Morgan fingerprint density at radius 3 is 2.69 bits per heavy atom. The van der Waals surface area contributed by atoms with Crippen molar-refractivity contribution in [1.29, 1.82) is 0 Å². The molecule has 16 heavy (non-hydrogen) atoms. The first-order valence-corrected chi connectivity index (χ1v) is 6.36. The standard InChI is InChI=1S/C12H18ClN3/c1-9-3-2-4-11(6-5-9)16-12-14-7-10(13)8-15-12/h7-9,11H,2-6H2,1H3,(H,14,15,16). The van der Waals surface area contributed by atoms with Gasteiger partial charge in [0.05, 0.1) is 17.4 Å². The van der Waals surface area contributed by atoms with Gasteiger partial charge < -0.3 is 5.32 Å². The molecule has 2 rings (SSSR count). The largest absolute Gasteiger partial charge is 0.351 e. The normalized spacial score (nSPS) is 26.1. The molecule has 0 aliphatic heterocycles. The van der Waals surface area contributed by atoms with Gasteiger partial charge in [0, 0.05) is 6.04 Å². The molecule has 1 fully saturated rings. The molecule has 1 heterocycles. The number of nitrogens with zero attached hydrogens (tertiary/aromatic N) is 2. The minimum atomic E-state index is 0.520. The van der Waals surface area contributed by atoms with E-state index < -0.39 is 0 Å². The minimum absolute atomic E-state index is 0.520. The Labute approximate surface area is 102 Å². The molecule has 0 spiro atoms. The highest BCUT2D eigenvalue weighted by molar-refractivity contribution is 6.30. The fraction of sp³-hybridized carbons (Fsp3) is 0.667. The molecule has 88 valence electrons. The zero-order valence-electron chi connectivity index (χ0n) is 9.62. The Morgan fingerprint density at radius 2 is 1.94 bits per heavy atom. The molecule has 1 N–H and O–H groups in total. The van der Waals surface area contributed by atoms with Gasteiger partial charge in [-0.25, -0.2) is 9.97 Å². The van der Waals surface area contributed by atoms with E-state index in [0.717, 1.165) is 5.92 Å². The predicted octanol–water partition coefficient (Wildman–Crippen LogP) is 3.51. The maximum absolute atomic E-state index is 5.75. The van der Waals surface area contributed by atoms with Crippen LogP contribution >= 0.6 is 11.6 Å². The molecule has 0 radical (unpaired) electrons. The molecule has 1 saturated carbocycles. The summed E-state index contributed by atoms with van der Waals surface area (Å²) in [5.41, 5.74) is 0. The summed E-state index contributed by atoms with van der Waals surface area (Å²) in [7, 11) is 0. The van der Waals surface area contributed by atoms with Gasteiger partial charge in [-0.05, 0) is 25.2 Å². The highest BCUT2D eigenvalue weighted by Gasteiger charge is 2.16. The summed E-state index contributed by atoms with van der Waals surface area (Å²) in [4.78, 5) is 8.34. The first-order valence-electron chi connectivity index (χ1n) is 5.98. The summed E-state index contributed by atoms with van der Waals surface area (Å²) >= 11 is 5.75. The van der Waals surface area contributed by atoms with Gasteiger partial charge in [-0.2, -0.15) is 0 Å². The van der Waals surface area contributed by atoms with Crippen molar-refractivity contribution < 1.29 is 0 Å². The minimum Gasteiger partial charge on any atom is -0.351 e. The van der Waals surface area contributed by atoms with E-state index in [0.29, 0.717) is 17.0 Å². The molecule has 1 aliphatic rings. The van der Waals surface area contributed by atoms with Crippen molar-refractivity contribution in [2.45, 2.75) is 45.1 Å². The van der Waals surface area contributed by atoms with Crippen LogP contribution in [0.3, 0.4) is 0 Å². The fourth-order valence-electron chi connectivity index (χ4n) is 2.20. The van der Waals surface area contributed by atoms with Crippen LogP contribution in [0, 0.1) is 5.92 Å². The maximum atomic E-state index is 5.75. The summed E-state index contributed by atoms with van der Waals surface area (Å²) in [6.45, 7) is 2.33. The molecular formula is C12H18ClN3. The number of aromatic nitrogens is 2. The first kappa shape index (κ1) is 11.6. The van der Waals surface area contributed by atoms with Crippen LogP contribution in [0.5, 0.6) is 0 Å². The average Bonchev–Trinajstić information content (AvgIpc) is 2.47. The number of hydrogen-bond donors (Lipinski definition) is 1. The molecule has 4 heteroatoms. The Bertz CT molecular complexity index is 326. The Balaban J connectivity index is 1.91. The van der Waals surface area contributed by atoms with Crippen molar-refractivity contribution in [2.24, 2.45) is 5.92 Å². The van der Waals surface area contributed by atoms with Crippen molar-refractivity contribution in [3.05, 3.63) is 17.4 Å². The maximum Gasteiger partial charge on any atom is 0.222 e. The molecular weight excluding hydrogens is 222 g/mol. The van der Waals surface area contributed by atoms with Crippen molar-refractivity contribution in [3.63, 3.8) is 0 Å². The van der Waals surface area contributed by atoms with Crippen molar-refractivity contribution in [3.8, 4) is 0 Å². The molecule has 1 aliphatic carbocycles. The third kappa shape index (κ3) is 3.34. The van der Waals surface area contributed by atoms with E-state index in [4.69, 9.17) is 11.6 Å². The number of halogens is 1. The highest BCUT2D eigenvalue weighted by atomic mass is 35.5. The van der Waals surface area contributed by atoms with E-state index in [9.17, 15) is 0 Å². The predicted molar refractivity (Wildman–Crippen MR) is 66.7 cm³/mol. The second kappa shape index (κ2) is 5.48. The fourth-order valence-corrected chi connectivity index (χ4v) is 2.30. The van der Waals surface area contributed by atoms with Crippen LogP contribution in [0.15, 0.2) is 12.4 Å². The SMILES string of the molecule is CC1CCCC(Nc2ncc(Cl)cn2)CC1. The van der Waals surface area contributed by atoms with Crippen molar-refractivity contribution in [2.75, 3.05) is 5.32 Å². The van der Waals surface area contributed by atoms with Gasteiger partial charge in [0.2, 0.25) is 5.95 Å². The molecule has 1 aromatic heterocycles. The second-order valence-corrected chi connectivity index (χ2v) is 5.12. The smallest absolute Gasteiger partial charge is 0.222 e. The molecule has 3 nitrogen and oxygen atoms in total. The van der Waals surface area contributed by atoms with E-state index in [1.807, 2.05) is 0 Å². The molecule has 2 atom stereocenters. The van der Waals surface area contributed by atoms with E-state index in [2.05, 4.69) is 22.2 Å². The lowest BCUT2D eigenvalue weighted by molar-refractivity contribution is 0.501. The highest BCUT2D eigenvalue weighted by Crippen LogP contribution is 2.24. The van der Waals surface area contributed by atoms with Gasteiger partial charge in [0.25, 0.3) is 0 Å². The monoisotopic (exact) mass is 239 g/mol. The van der Waals surface area contributed by atoms with Crippen LogP contribution in [-0.2, 0) is 0 Å². The molecule has 1 aromatic rings. The molecule has 0 bridgehead atoms. The molecule has 0 aromatic carbocycles. The van der Waals surface area contributed by atoms with Crippen LogP contribution in [0.25, 0.3) is 0 Å². The van der Waals surface area contributed by atoms with Gasteiger partial charge in [0.1, 0.15) is 0 Å². The topological polar surface area (TPSA) is 37.8 Å². The lowest BCUT2D eigenvalue weighted by atomic mass is 10.0. The Hall–Kier alpha value is -0.830. The van der Waals surface area contributed by atoms with Crippen LogP contribution in [0.1, 0.15) is 39.0 Å². The Kier molecular flexibility index (Phi) is 3.99. The van der Waals surface area contributed by atoms with E-state index >= 15 is 0 Å². The summed E-state index contributed by atoms with van der Waals surface area (Å²) in [6.07, 6.45) is 9.65. The molecule has 0 saturated heterocycles. The number of anilines is 1.